The van der Waals surface area contributed by atoms with Gasteiger partial charge in [-0.1, -0.05) is 29.8 Å². The summed E-state index contributed by atoms with van der Waals surface area (Å²) in [5.41, 5.74) is -3.95. The highest BCUT2D eigenvalue weighted by Crippen LogP contribution is 2.42. The Morgan fingerprint density at radius 3 is 2.14 bits per heavy atom. The highest BCUT2D eigenvalue weighted by molar-refractivity contribution is 6.38. The summed E-state index contributed by atoms with van der Waals surface area (Å²) in [6.07, 6.45) is -4.75. The molecule has 1 N–H and O–H groups in total. The number of aromatic nitrogens is 3. The van der Waals surface area contributed by atoms with Crippen molar-refractivity contribution in [1.82, 2.24) is 14.8 Å². The third-order valence-electron chi connectivity index (χ3n) is 3.62. The van der Waals surface area contributed by atoms with Gasteiger partial charge in [0.15, 0.2) is 5.65 Å². The largest absolute Gasteiger partial charge is 0.416 e. The average Bonchev–Trinajstić information content (AvgIpc) is 2.90. The van der Waals surface area contributed by atoms with Gasteiger partial charge in [0.05, 0.1) is 21.0 Å². The molecular weight excluding hydrogens is 454 g/mol. The predicted molar refractivity (Wildman–Crippen MR) is 92.7 cm³/mol. The normalized spacial score (nSPS) is 12.4. The second kappa shape index (κ2) is 6.62. The van der Waals surface area contributed by atoms with E-state index >= 15 is 0 Å². The number of benzene rings is 1. The first-order valence-corrected chi connectivity index (χ1v) is 8.15. The highest BCUT2D eigenvalue weighted by atomic mass is 35.5. The Kier molecular flexibility index (Phi) is 4.82. The number of hydrogen-bond acceptors (Lipinski definition) is 2. The van der Waals surface area contributed by atoms with Crippen LogP contribution in [0.2, 0.25) is 10.0 Å². The lowest BCUT2D eigenvalue weighted by Gasteiger charge is -2.12. The fourth-order valence-electron chi connectivity index (χ4n) is 2.52. The molecular formula is C15H4Cl3F5N4O. The molecule has 0 saturated carbocycles. The summed E-state index contributed by atoms with van der Waals surface area (Å²) in [6, 6.07) is 1.59. The molecule has 0 saturated heterocycles. The summed E-state index contributed by atoms with van der Waals surface area (Å²) in [5, 5.41) is -1.84. The molecule has 146 valence electrons. The lowest BCUT2D eigenvalue weighted by atomic mass is 10.1. The molecule has 0 bridgehead atoms. The third-order valence-corrected chi connectivity index (χ3v) is 4.40. The molecule has 0 amide bonds. The Balaban J connectivity index is 2.43. The van der Waals surface area contributed by atoms with Crippen molar-refractivity contribution in [3.8, 4) is 5.69 Å². The van der Waals surface area contributed by atoms with E-state index in [9.17, 15) is 26.7 Å². The Bertz CT molecular complexity index is 1180. The van der Waals surface area contributed by atoms with Gasteiger partial charge in [-0.05, 0) is 28.8 Å². The minimum atomic E-state index is -4.75. The van der Waals surface area contributed by atoms with Crippen LogP contribution in [-0.2, 0) is 11.6 Å². The zero-order chi connectivity index (χ0) is 21.0. The minimum Gasteiger partial charge on any atom is -0.358 e. The fourth-order valence-corrected chi connectivity index (χ4v) is 3.32. The highest BCUT2D eigenvalue weighted by Gasteiger charge is 2.36. The number of alkyl halides is 6. The van der Waals surface area contributed by atoms with Crippen molar-refractivity contribution in [2.24, 2.45) is 0 Å². The lowest BCUT2D eigenvalue weighted by molar-refractivity contribution is -0.137. The Labute approximate surface area is 167 Å². The number of hydrogen-bond donors (Lipinski definition) is 1. The average molecular weight is 458 g/mol. The van der Waals surface area contributed by atoms with Crippen LogP contribution in [0.5, 0.6) is 0 Å². The first-order valence-electron chi connectivity index (χ1n) is 7.02. The molecule has 0 aliphatic heterocycles. The molecule has 0 spiro atoms. The summed E-state index contributed by atoms with van der Waals surface area (Å²) in [6.45, 7) is 7.13. The van der Waals surface area contributed by atoms with Gasteiger partial charge in [-0.2, -0.15) is 22.0 Å². The van der Waals surface area contributed by atoms with Crippen LogP contribution in [0.25, 0.3) is 21.6 Å². The zero-order valence-electron chi connectivity index (χ0n) is 13.0. The number of pyridine rings is 1. The summed E-state index contributed by atoms with van der Waals surface area (Å²) < 4.78 is 66.9. The van der Waals surface area contributed by atoms with E-state index in [1.165, 1.54) is 0 Å². The maximum absolute atomic E-state index is 13.7. The van der Waals surface area contributed by atoms with Crippen LogP contribution < -0.4 is 5.56 Å². The number of fused-ring (bicyclic) bond motifs is 1. The summed E-state index contributed by atoms with van der Waals surface area (Å²) in [7, 11) is 0. The van der Waals surface area contributed by atoms with Crippen molar-refractivity contribution < 1.29 is 22.0 Å². The maximum Gasteiger partial charge on any atom is 0.416 e. The van der Waals surface area contributed by atoms with Crippen LogP contribution >= 0.6 is 34.8 Å². The SMILES string of the molecule is [C-]#[N+]c1nn(-c2c(Cl)cc(C(F)(F)F)cc2Cl)c2[nH]c(=O)cc(C(F)(F)Cl)c12. The quantitative estimate of drug-likeness (QED) is 0.297. The van der Waals surface area contributed by atoms with E-state index in [-0.39, 0.29) is 5.69 Å². The number of H-pyrrole nitrogens is 1. The molecule has 0 unspecified atom stereocenters. The van der Waals surface area contributed by atoms with Gasteiger partial charge in [-0.3, -0.25) is 4.79 Å². The van der Waals surface area contributed by atoms with Crippen LogP contribution in [0.3, 0.4) is 0 Å². The van der Waals surface area contributed by atoms with Crippen LogP contribution in [0.1, 0.15) is 11.1 Å². The second-order valence-electron chi connectivity index (χ2n) is 5.40. The second-order valence-corrected chi connectivity index (χ2v) is 6.69. The maximum atomic E-state index is 13.7. The van der Waals surface area contributed by atoms with E-state index in [1.807, 2.05) is 0 Å². The standard InChI is InChI=1S/C15H4Cl3F5N4O/c1-24-12-10-6(14(18,19)20)4-9(28)25-13(10)27(26-12)11-7(16)2-5(3-8(11)17)15(21,22)23/h2-4H,(H,25,28). The molecule has 0 fully saturated rings. The van der Waals surface area contributed by atoms with Crippen molar-refractivity contribution >= 4 is 51.7 Å². The molecule has 28 heavy (non-hydrogen) atoms. The smallest absolute Gasteiger partial charge is 0.358 e. The van der Waals surface area contributed by atoms with Gasteiger partial charge in [0.2, 0.25) is 5.56 Å². The van der Waals surface area contributed by atoms with Crippen molar-refractivity contribution in [1.29, 1.82) is 0 Å². The molecule has 2 aromatic heterocycles. The van der Waals surface area contributed by atoms with E-state index in [4.69, 9.17) is 41.4 Å². The Morgan fingerprint density at radius 1 is 1.11 bits per heavy atom. The van der Waals surface area contributed by atoms with Crippen LogP contribution in [0.15, 0.2) is 23.0 Å². The van der Waals surface area contributed by atoms with Crippen molar-refractivity contribution in [3.05, 3.63) is 61.1 Å². The third kappa shape index (κ3) is 3.41. The zero-order valence-corrected chi connectivity index (χ0v) is 15.3. The van der Waals surface area contributed by atoms with Gasteiger partial charge >= 0.3 is 17.4 Å². The minimum absolute atomic E-state index is 0.345. The summed E-state index contributed by atoms with van der Waals surface area (Å²) in [5.74, 6) is -0.589. The molecule has 0 aliphatic carbocycles. The molecule has 3 rings (SSSR count). The van der Waals surface area contributed by atoms with Crippen LogP contribution in [-0.4, -0.2) is 14.8 Å². The fraction of sp³-hybridized carbons (Fsp3) is 0.133. The molecule has 13 heteroatoms. The molecule has 1 aromatic carbocycles. The van der Waals surface area contributed by atoms with Crippen LogP contribution in [0.4, 0.5) is 27.8 Å². The number of nitrogens with one attached hydrogen (secondary N) is 1. The predicted octanol–water partition coefficient (Wildman–Crippen LogP) is 5.88. The van der Waals surface area contributed by atoms with E-state index in [0.29, 0.717) is 22.9 Å². The van der Waals surface area contributed by atoms with Crippen LogP contribution in [0, 0.1) is 6.57 Å². The topological polar surface area (TPSA) is 55.0 Å². The number of rotatable bonds is 2. The molecule has 2 heterocycles. The molecule has 3 aromatic rings. The number of nitrogens with zero attached hydrogens (tertiary/aromatic N) is 3. The van der Waals surface area contributed by atoms with Crippen molar-refractivity contribution in [2.75, 3.05) is 0 Å². The monoisotopic (exact) mass is 456 g/mol. The van der Waals surface area contributed by atoms with E-state index in [2.05, 4.69) is 14.9 Å². The van der Waals surface area contributed by atoms with Crippen molar-refractivity contribution in [2.45, 2.75) is 11.6 Å². The Hall–Kier alpha value is -2.35. The summed E-state index contributed by atoms with van der Waals surface area (Å²) in [4.78, 5) is 17.0. The van der Waals surface area contributed by atoms with Gasteiger partial charge in [0, 0.05) is 11.6 Å². The van der Waals surface area contributed by atoms with Gasteiger partial charge < -0.3 is 9.83 Å². The molecule has 0 atom stereocenters. The first kappa shape index (κ1) is 20.4. The van der Waals surface area contributed by atoms with Gasteiger partial charge in [0.1, 0.15) is 5.69 Å². The number of halogens is 8. The van der Waals surface area contributed by atoms with E-state index in [0.717, 1.165) is 0 Å². The molecule has 5 nitrogen and oxygen atoms in total. The van der Waals surface area contributed by atoms with E-state index < -0.39 is 55.1 Å². The van der Waals surface area contributed by atoms with Crippen molar-refractivity contribution in [3.63, 3.8) is 0 Å². The van der Waals surface area contributed by atoms with E-state index in [1.54, 1.807) is 0 Å². The first-order chi connectivity index (χ1) is 12.8. The molecule has 0 radical (unpaired) electrons. The Morgan fingerprint density at radius 2 is 1.68 bits per heavy atom. The van der Waals surface area contributed by atoms with Gasteiger partial charge in [-0.15, -0.1) is 4.68 Å². The summed E-state index contributed by atoms with van der Waals surface area (Å²) >= 11 is 16.8. The molecule has 0 aliphatic rings. The lowest BCUT2D eigenvalue weighted by Crippen LogP contribution is -2.14. The van der Waals surface area contributed by atoms with Gasteiger partial charge in [0.25, 0.3) is 0 Å². The van der Waals surface area contributed by atoms with Gasteiger partial charge in [-0.25, -0.2) is 0 Å². The number of aromatic amines is 1.